The Morgan fingerprint density at radius 2 is 2.03 bits per heavy atom. The zero-order valence-corrected chi connectivity index (χ0v) is 22.0. The van der Waals surface area contributed by atoms with Crippen molar-refractivity contribution >= 4 is 17.7 Å². The molecule has 4 rings (SSSR count). The largest absolute Gasteiger partial charge is 0.493 e. The van der Waals surface area contributed by atoms with E-state index in [9.17, 15) is 4.79 Å². The number of likely N-dealkylation sites (tertiary alicyclic amines) is 1. The van der Waals surface area contributed by atoms with Crippen molar-refractivity contribution in [2.75, 3.05) is 39.6 Å². The number of rotatable bonds is 11. The van der Waals surface area contributed by atoms with E-state index in [1.165, 1.54) is 11.1 Å². The SMILES string of the molecule is COc1ccc(-c2noc(CN3CCCC(C(=O)NCCSCc4ccccc4C)C3)n2)cc1OC. The second-order valence-corrected chi connectivity index (χ2v) is 10.0. The highest BCUT2D eigenvalue weighted by Gasteiger charge is 2.26. The smallest absolute Gasteiger partial charge is 0.241 e. The highest BCUT2D eigenvalue weighted by Crippen LogP contribution is 2.31. The van der Waals surface area contributed by atoms with E-state index >= 15 is 0 Å². The van der Waals surface area contributed by atoms with Gasteiger partial charge in [-0.3, -0.25) is 9.69 Å². The van der Waals surface area contributed by atoms with Gasteiger partial charge in [0.05, 0.1) is 26.7 Å². The first-order chi connectivity index (χ1) is 17.6. The van der Waals surface area contributed by atoms with Crippen molar-refractivity contribution in [1.29, 1.82) is 0 Å². The van der Waals surface area contributed by atoms with Gasteiger partial charge in [-0.1, -0.05) is 29.4 Å². The summed E-state index contributed by atoms with van der Waals surface area (Å²) in [4.78, 5) is 19.5. The second kappa shape index (κ2) is 12.8. The molecule has 1 aromatic heterocycles. The van der Waals surface area contributed by atoms with E-state index < -0.39 is 0 Å². The van der Waals surface area contributed by atoms with Crippen molar-refractivity contribution in [3.63, 3.8) is 0 Å². The van der Waals surface area contributed by atoms with Crippen LogP contribution in [-0.4, -0.2) is 60.6 Å². The van der Waals surface area contributed by atoms with Crippen molar-refractivity contribution in [3.8, 4) is 22.9 Å². The van der Waals surface area contributed by atoms with E-state index in [0.29, 0.717) is 42.8 Å². The van der Waals surface area contributed by atoms with Gasteiger partial charge < -0.3 is 19.3 Å². The molecule has 3 aromatic rings. The number of benzene rings is 2. The van der Waals surface area contributed by atoms with Gasteiger partial charge in [-0.2, -0.15) is 16.7 Å². The maximum Gasteiger partial charge on any atom is 0.241 e. The fraction of sp³-hybridized carbons (Fsp3) is 0.444. The van der Waals surface area contributed by atoms with Gasteiger partial charge in [-0.25, -0.2) is 0 Å². The molecule has 9 heteroatoms. The number of methoxy groups -OCH3 is 2. The van der Waals surface area contributed by atoms with Gasteiger partial charge >= 0.3 is 0 Å². The third-order valence-corrected chi connectivity index (χ3v) is 7.42. The van der Waals surface area contributed by atoms with Crippen LogP contribution in [0.1, 0.15) is 29.9 Å². The number of piperidine rings is 1. The highest BCUT2D eigenvalue weighted by molar-refractivity contribution is 7.98. The van der Waals surface area contributed by atoms with Crippen LogP contribution in [-0.2, 0) is 17.1 Å². The second-order valence-electron chi connectivity index (χ2n) is 8.93. The van der Waals surface area contributed by atoms with Crippen LogP contribution in [0.25, 0.3) is 11.4 Å². The number of hydrogen-bond donors (Lipinski definition) is 1. The summed E-state index contributed by atoms with van der Waals surface area (Å²) in [7, 11) is 3.19. The first-order valence-electron chi connectivity index (χ1n) is 12.2. The predicted octanol–water partition coefficient (Wildman–Crippen LogP) is 4.32. The lowest BCUT2D eigenvalue weighted by molar-refractivity contribution is -0.126. The molecule has 1 amide bonds. The number of carbonyl (C=O) groups is 1. The van der Waals surface area contributed by atoms with Gasteiger partial charge in [-0.15, -0.1) is 0 Å². The van der Waals surface area contributed by atoms with Gasteiger partial charge in [0.2, 0.25) is 17.6 Å². The number of thioether (sulfide) groups is 1. The molecule has 0 spiro atoms. The minimum Gasteiger partial charge on any atom is -0.493 e. The quantitative estimate of drug-likeness (QED) is 0.382. The summed E-state index contributed by atoms with van der Waals surface area (Å²) in [6, 6.07) is 14.0. The first-order valence-corrected chi connectivity index (χ1v) is 13.4. The summed E-state index contributed by atoms with van der Waals surface area (Å²) >= 11 is 1.85. The number of aromatic nitrogens is 2. The van der Waals surface area contributed by atoms with Gasteiger partial charge in [-0.05, 0) is 55.6 Å². The third-order valence-electron chi connectivity index (χ3n) is 6.41. The molecule has 1 saturated heterocycles. The van der Waals surface area contributed by atoms with E-state index in [1.54, 1.807) is 14.2 Å². The van der Waals surface area contributed by atoms with Crippen molar-refractivity contribution < 1.29 is 18.8 Å². The fourth-order valence-electron chi connectivity index (χ4n) is 4.36. The normalized spacial score (nSPS) is 16.0. The molecular weight excluding hydrogens is 476 g/mol. The molecule has 8 nitrogen and oxygen atoms in total. The molecule has 0 aliphatic carbocycles. The zero-order valence-electron chi connectivity index (χ0n) is 21.2. The van der Waals surface area contributed by atoms with Crippen LogP contribution in [0.3, 0.4) is 0 Å². The van der Waals surface area contributed by atoms with Crippen LogP contribution in [0.15, 0.2) is 47.0 Å². The molecule has 2 aromatic carbocycles. The number of ether oxygens (including phenoxy) is 2. The molecule has 1 aliphatic heterocycles. The van der Waals surface area contributed by atoms with Gasteiger partial charge in [0, 0.05) is 30.2 Å². The summed E-state index contributed by atoms with van der Waals surface area (Å²) < 4.78 is 16.2. The van der Waals surface area contributed by atoms with E-state index in [2.05, 4.69) is 51.5 Å². The number of nitrogens with zero attached hydrogens (tertiary/aromatic N) is 3. The predicted molar refractivity (Wildman–Crippen MR) is 141 cm³/mol. The Morgan fingerprint density at radius 1 is 1.19 bits per heavy atom. The first kappa shape index (κ1) is 26.0. The summed E-state index contributed by atoms with van der Waals surface area (Å²) in [6.07, 6.45) is 1.87. The Bertz CT molecular complexity index is 1150. The molecule has 1 unspecified atom stereocenters. The molecule has 0 bridgehead atoms. The Hall–Kier alpha value is -3.04. The Labute approximate surface area is 216 Å². The standard InChI is InChI=1S/C27H34N4O4S/c1-19-7-4-5-8-22(19)18-36-14-12-28-27(32)21-9-6-13-31(16-21)17-25-29-26(30-35-25)20-10-11-23(33-2)24(15-20)34-3/h4-5,7-8,10-11,15,21H,6,9,12-14,16-18H2,1-3H3,(H,28,32). The van der Waals surface area contributed by atoms with Crippen LogP contribution >= 0.6 is 11.8 Å². The topological polar surface area (TPSA) is 89.7 Å². The molecule has 0 saturated carbocycles. The number of carbonyl (C=O) groups excluding carboxylic acids is 1. The minimum atomic E-state index is -0.0200. The number of hydrogen-bond acceptors (Lipinski definition) is 8. The average Bonchev–Trinajstić information content (AvgIpc) is 3.37. The van der Waals surface area contributed by atoms with Crippen LogP contribution in [0.5, 0.6) is 11.5 Å². The average molecular weight is 511 g/mol. The molecule has 192 valence electrons. The molecule has 1 aliphatic rings. The Kier molecular flexibility index (Phi) is 9.24. The van der Waals surface area contributed by atoms with Gasteiger partial charge in [0.15, 0.2) is 11.5 Å². The number of nitrogens with one attached hydrogen (secondary N) is 1. The van der Waals surface area contributed by atoms with Crippen molar-refractivity contribution in [2.24, 2.45) is 5.92 Å². The lowest BCUT2D eigenvalue weighted by Gasteiger charge is -2.30. The molecule has 1 fully saturated rings. The molecular formula is C27H34N4O4S. The lowest BCUT2D eigenvalue weighted by Crippen LogP contribution is -2.43. The van der Waals surface area contributed by atoms with E-state index in [1.807, 2.05) is 30.0 Å². The monoisotopic (exact) mass is 510 g/mol. The van der Waals surface area contributed by atoms with Gasteiger partial charge in [0.1, 0.15) is 0 Å². The molecule has 0 radical (unpaired) electrons. The maximum atomic E-state index is 12.8. The molecule has 1 N–H and O–H groups in total. The van der Waals surface area contributed by atoms with E-state index in [0.717, 1.165) is 36.5 Å². The summed E-state index contributed by atoms with van der Waals surface area (Å²) in [5.74, 6) is 4.27. The van der Waals surface area contributed by atoms with E-state index in [-0.39, 0.29) is 11.8 Å². The minimum absolute atomic E-state index is 0.0200. The van der Waals surface area contributed by atoms with Gasteiger partial charge in [0.25, 0.3) is 0 Å². The molecule has 1 atom stereocenters. The maximum absolute atomic E-state index is 12.8. The van der Waals surface area contributed by atoms with Crippen LogP contribution in [0.4, 0.5) is 0 Å². The van der Waals surface area contributed by atoms with Crippen LogP contribution in [0.2, 0.25) is 0 Å². The Morgan fingerprint density at radius 3 is 2.83 bits per heavy atom. The third kappa shape index (κ3) is 6.79. The number of aryl methyl sites for hydroxylation is 1. The van der Waals surface area contributed by atoms with Crippen molar-refractivity contribution in [3.05, 3.63) is 59.5 Å². The van der Waals surface area contributed by atoms with Crippen molar-refractivity contribution in [2.45, 2.75) is 32.1 Å². The summed E-state index contributed by atoms with van der Waals surface area (Å²) in [5, 5.41) is 7.25. The zero-order chi connectivity index (χ0) is 25.3. The van der Waals surface area contributed by atoms with E-state index in [4.69, 9.17) is 14.0 Å². The molecule has 36 heavy (non-hydrogen) atoms. The Balaban J connectivity index is 1.23. The summed E-state index contributed by atoms with van der Waals surface area (Å²) in [5.41, 5.74) is 3.46. The molecule has 2 heterocycles. The fourth-order valence-corrected chi connectivity index (χ4v) is 5.30. The van der Waals surface area contributed by atoms with Crippen LogP contribution in [0, 0.1) is 12.8 Å². The number of amides is 1. The summed E-state index contributed by atoms with van der Waals surface area (Å²) in [6.45, 7) is 4.94. The van der Waals surface area contributed by atoms with Crippen LogP contribution < -0.4 is 14.8 Å². The lowest BCUT2D eigenvalue weighted by atomic mass is 9.97. The van der Waals surface area contributed by atoms with Crippen molar-refractivity contribution in [1.82, 2.24) is 20.4 Å². The highest BCUT2D eigenvalue weighted by atomic mass is 32.2.